The van der Waals surface area contributed by atoms with Gasteiger partial charge in [-0.15, -0.1) is 5.10 Å². The standard InChI is InChI=1S/C21H17FN6O3/c22-14-8-5-12(6-9-14)11-17-24-18(26-25-17)20(29)23-15-10-7-13-3-1-2-4-16(13)28-19(15)27-31-21(28)30/h1-6,8-9,15H,7,10-11H2,(H,23,29)(H,24,25,26)/t15-/m0/s1. The van der Waals surface area contributed by atoms with E-state index in [0.29, 0.717) is 36.6 Å². The van der Waals surface area contributed by atoms with E-state index in [-0.39, 0.29) is 11.6 Å². The highest BCUT2D eigenvalue weighted by molar-refractivity contribution is 5.90. The second-order valence-corrected chi connectivity index (χ2v) is 7.24. The Morgan fingerprint density at radius 2 is 2.03 bits per heavy atom. The second kappa shape index (κ2) is 7.63. The number of amides is 1. The Kier molecular flexibility index (Phi) is 4.66. The quantitative estimate of drug-likeness (QED) is 0.522. The van der Waals surface area contributed by atoms with E-state index in [9.17, 15) is 14.0 Å². The number of fused-ring (bicyclic) bond motifs is 3. The Bertz CT molecular complexity index is 1310. The van der Waals surface area contributed by atoms with Gasteiger partial charge >= 0.3 is 5.76 Å². The minimum atomic E-state index is -0.608. The summed E-state index contributed by atoms with van der Waals surface area (Å²) in [5, 5.41) is 13.5. The van der Waals surface area contributed by atoms with Crippen LogP contribution in [0.2, 0.25) is 0 Å². The SMILES string of the molecule is O=C(N[C@H]1CCc2ccccc2-n2c1noc2=O)c1n[nH]c(Cc2ccc(F)cc2)n1. The van der Waals surface area contributed by atoms with Gasteiger partial charge in [0.2, 0.25) is 5.82 Å². The van der Waals surface area contributed by atoms with E-state index in [2.05, 4.69) is 25.7 Å². The molecule has 31 heavy (non-hydrogen) atoms. The molecule has 4 aromatic rings. The van der Waals surface area contributed by atoms with Gasteiger partial charge in [-0.1, -0.05) is 35.5 Å². The van der Waals surface area contributed by atoms with Crippen LogP contribution in [-0.2, 0) is 12.8 Å². The minimum Gasteiger partial charge on any atom is -0.339 e. The highest BCUT2D eigenvalue weighted by atomic mass is 19.1. The van der Waals surface area contributed by atoms with Gasteiger partial charge in [-0.25, -0.2) is 18.7 Å². The van der Waals surface area contributed by atoms with Crippen molar-refractivity contribution in [3.8, 4) is 5.69 Å². The number of aryl methyl sites for hydroxylation is 1. The maximum Gasteiger partial charge on any atom is 0.446 e. The normalized spacial score (nSPS) is 15.1. The Morgan fingerprint density at radius 3 is 2.87 bits per heavy atom. The third-order valence-electron chi connectivity index (χ3n) is 5.20. The predicted octanol–water partition coefficient (Wildman–Crippen LogP) is 2.09. The number of hydrogen-bond acceptors (Lipinski definition) is 6. The van der Waals surface area contributed by atoms with E-state index < -0.39 is 17.7 Å². The molecule has 0 saturated carbocycles. The van der Waals surface area contributed by atoms with Gasteiger partial charge in [0.15, 0.2) is 5.82 Å². The maximum absolute atomic E-state index is 13.1. The van der Waals surface area contributed by atoms with Crippen LogP contribution in [0.1, 0.15) is 45.9 Å². The van der Waals surface area contributed by atoms with E-state index in [1.54, 1.807) is 12.1 Å². The number of benzene rings is 2. The Balaban J connectivity index is 1.36. The third kappa shape index (κ3) is 3.63. The van der Waals surface area contributed by atoms with Crippen LogP contribution in [0.5, 0.6) is 0 Å². The van der Waals surface area contributed by atoms with Gasteiger partial charge in [0.05, 0.1) is 11.7 Å². The van der Waals surface area contributed by atoms with Crippen molar-refractivity contribution in [3.63, 3.8) is 0 Å². The van der Waals surface area contributed by atoms with Gasteiger partial charge in [-0.2, -0.15) is 0 Å². The molecule has 5 rings (SSSR count). The number of nitrogens with one attached hydrogen (secondary N) is 2. The van der Waals surface area contributed by atoms with Crippen LogP contribution in [0.3, 0.4) is 0 Å². The summed E-state index contributed by atoms with van der Waals surface area (Å²) >= 11 is 0. The van der Waals surface area contributed by atoms with Gasteiger partial charge < -0.3 is 5.32 Å². The molecule has 1 amide bonds. The van der Waals surface area contributed by atoms with Gasteiger partial charge in [0.1, 0.15) is 11.6 Å². The number of rotatable bonds is 4. The molecule has 3 heterocycles. The fraction of sp³-hybridized carbons (Fsp3) is 0.190. The molecule has 0 saturated heterocycles. The molecule has 156 valence electrons. The lowest BCUT2D eigenvalue weighted by atomic mass is 10.1. The number of aromatic nitrogens is 5. The molecule has 9 nitrogen and oxygen atoms in total. The molecule has 1 aliphatic heterocycles. The van der Waals surface area contributed by atoms with E-state index in [1.807, 2.05) is 24.3 Å². The number of H-pyrrole nitrogens is 1. The maximum atomic E-state index is 13.1. The smallest absolute Gasteiger partial charge is 0.339 e. The van der Waals surface area contributed by atoms with Gasteiger partial charge in [0.25, 0.3) is 5.91 Å². The topological polar surface area (TPSA) is 119 Å². The number of carbonyl (C=O) groups is 1. The lowest BCUT2D eigenvalue weighted by Crippen LogP contribution is -2.31. The largest absolute Gasteiger partial charge is 0.446 e. The average Bonchev–Trinajstić information content (AvgIpc) is 3.36. The summed E-state index contributed by atoms with van der Waals surface area (Å²) in [5.41, 5.74) is 2.49. The van der Waals surface area contributed by atoms with E-state index in [1.165, 1.54) is 16.7 Å². The predicted molar refractivity (Wildman–Crippen MR) is 106 cm³/mol. The molecule has 0 fully saturated rings. The van der Waals surface area contributed by atoms with Crippen molar-refractivity contribution in [1.29, 1.82) is 0 Å². The van der Waals surface area contributed by atoms with Crippen LogP contribution in [0, 0.1) is 5.82 Å². The number of para-hydroxylation sites is 1. The summed E-state index contributed by atoms with van der Waals surface area (Å²) in [6.07, 6.45) is 1.55. The van der Waals surface area contributed by atoms with Crippen molar-refractivity contribution in [2.45, 2.75) is 25.3 Å². The lowest BCUT2D eigenvalue weighted by Gasteiger charge is -2.13. The zero-order chi connectivity index (χ0) is 21.4. The van der Waals surface area contributed by atoms with Crippen LogP contribution in [0.25, 0.3) is 5.69 Å². The first-order valence-electron chi connectivity index (χ1n) is 9.72. The van der Waals surface area contributed by atoms with E-state index >= 15 is 0 Å². The first kappa shape index (κ1) is 18.9. The van der Waals surface area contributed by atoms with Crippen molar-refractivity contribution >= 4 is 5.91 Å². The molecular formula is C21H17FN6O3. The summed E-state index contributed by atoms with van der Waals surface area (Å²) in [4.78, 5) is 29.3. The summed E-state index contributed by atoms with van der Waals surface area (Å²) in [6.45, 7) is 0. The monoisotopic (exact) mass is 420 g/mol. The zero-order valence-electron chi connectivity index (χ0n) is 16.2. The minimum absolute atomic E-state index is 0.0312. The van der Waals surface area contributed by atoms with Gasteiger partial charge in [-0.3, -0.25) is 14.4 Å². The highest BCUT2D eigenvalue weighted by Gasteiger charge is 2.29. The summed E-state index contributed by atoms with van der Waals surface area (Å²) in [7, 11) is 0. The molecule has 0 unspecified atom stereocenters. The molecule has 0 spiro atoms. The molecule has 0 bridgehead atoms. The first-order chi connectivity index (χ1) is 15.1. The first-order valence-corrected chi connectivity index (χ1v) is 9.72. The van der Waals surface area contributed by atoms with Crippen LogP contribution < -0.4 is 11.1 Å². The van der Waals surface area contributed by atoms with Crippen molar-refractivity contribution in [2.24, 2.45) is 0 Å². The lowest BCUT2D eigenvalue weighted by molar-refractivity contribution is 0.0922. The van der Waals surface area contributed by atoms with Crippen molar-refractivity contribution < 1.29 is 13.7 Å². The zero-order valence-corrected chi connectivity index (χ0v) is 16.2. The summed E-state index contributed by atoms with van der Waals surface area (Å²) < 4.78 is 19.3. The Hall–Kier alpha value is -4.08. The van der Waals surface area contributed by atoms with E-state index in [4.69, 9.17) is 4.52 Å². The van der Waals surface area contributed by atoms with Crippen LogP contribution >= 0.6 is 0 Å². The molecule has 2 aromatic heterocycles. The number of halogens is 1. The van der Waals surface area contributed by atoms with Crippen molar-refractivity contribution in [1.82, 2.24) is 30.2 Å². The number of hydrogen-bond donors (Lipinski definition) is 2. The third-order valence-corrected chi connectivity index (χ3v) is 5.20. The van der Waals surface area contributed by atoms with Crippen LogP contribution in [0.15, 0.2) is 57.8 Å². The molecular weight excluding hydrogens is 403 g/mol. The number of aromatic amines is 1. The molecule has 2 aromatic carbocycles. The van der Waals surface area contributed by atoms with Crippen molar-refractivity contribution in [2.75, 3.05) is 0 Å². The Morgan fingerprint density at radius 1 is 1.23 bits per heavy atom. The van der Waals surface area contributed by atoms with Crippen LogP contribution in [-0.4, -0.2) is 30.8 Å². The number of nitrogens with zero attached hydrogens (tertiary/aromatic N) is 4. The van der Waals surface area contributed by atoms with Crippen LogP contribution in [0.4, 0.5) is 4.39 Å². The highest BCUT2D eigenvalue weighted by Crippen LogP contribution is 2.27. The van der Waals surface area contributed by atoms with Gasteiger partial charge in [0, 0.05) is 6.42 Å². The molecule has 10 heteroatoms. The van der Waals surface area contributed by atoms with E-state index in [0.717, 1.165) is 11.1 Å². The second-order valence-electron chi connectivity index (χ2n) is 7.24. The Labute approximate surface area is 174 Å². The molecule has 0 radical (unpaired) electrons. The average molecular weight is 420 g/mol. The molecule has 2 N–H and O–H groups in total. The fourth-order valence-electron chi connectivity index (χ4n) is 3.70. The molecule has 0 aliphatic carbocycles. The van der Waals surface area contributed by atoms with Gasteiger partial charge in [-0.05, 0) is 42.2 Å². The molecule has 1 atom stereocenters. The number of carbonyl (C=O) groups excluding carboxylic acids is 1. The molecule has 1 aliphatic rings. The summed E-state index contributed by atoms with van der Waals surface area (Å²) in [6, 6.07) is 12.9. The summed E-state index contributed by atoms with van der Waals surface area (Å²) in [5.74, 6) is -0.661. The van der Waals surface area contributed by atoms with Crippen molar-refractivity contribution in [3.05, 3.63) is 93.5 Å². The fourth-order valence-corrected chi connectivity index (χ4v) is 3.70.